The zero-order chi connectivity index (χ0) is 20.9. The first-order chi connectivity index (χ1) is 13.8. The van der Waals surface area contributed by atoms with Crippen molar-refractivity contribution in [3.05, 3.63) is 92.4 Å². The average molecular weight is 538 g/mol. The van der Waals surface area contributed by atoms with E-state index in [2.05, 4.69) is 41.8 Å². The fraction of sp³-hybridized carbons (Fsp3) is 0.0952. The van der Waals surface area contributed by atoms with E-state index < -0.39 is 10.0 Å². The topological polar surface area (TPSA) is 67.8 Å². The van der Waals surface area contributed by atoms with Crippen LogP contribution in [0.3, 0.4) is 0 Å². The number of nitrogens with zero attached hydrogens (tertiary/aromatic N) is 1. The van der Waals surface area contributed by atoms with Crippen molar-refractivity contribution in [2.75, 3.05) is 0 Å². The van der Waals surface area contributed by atoms with Gasteiger partial charge < -0.3 is 4.74 Å². The Hall–Kier alpha value is -2.16. The molecule has 0 radical (unpaired) electrons. The van der Waals surface area contributed by atoms with Gasteiger partial charge in [-0.15, -0.1) is 0 Å². The first kappa shape index (κ1) is 21.5. The van der Waals surface area contributed by atoms with Crippen molar-refractivity contribution in [2.45, 2.75) is 18.4 Å². The van der Waals surface area contributed by atoms with Gasteiger partial charge in [0.25, 0.3) is 10.0 Å². The van der Waals surface area contributed by atoms with Gasteiger partial charge >= 0.3 is 0 Å². The van der Waals surface area contributed by atoms with Crippen LogP contribution in [0.25, 0.3) is 0 Å². The quantitative estimate of drug-likeness (QED) is 0.323. The lowest BCUT2D eigenvalue weighted by atomic mass is 10.2. The molecule has 8 heteroatoms. The molecule has 0 unspecified atom stereocenters. The molecule has 0 spiro atoms. The molecule has 0 fully saturated rings. The summed E-state index contributed by atoms with van der Waals surface area (Å²) in [5, 5.41) is 3.84. The summed E-state index contributed by atoms with van der Waals surface area (Å²) in [6.07, 6.45) is 1.45. The number of benzene rings is 3. The number of nitrogens with one attached hydrogen (secondary N) is 1. The summed E-state index contributed by atoms with van der Waals surface area (Å²) in [4.78, 5) is 2.39. The van der Waals surface area contributed by atoms with Crippen LogP contribution in [0, 0.1) is 6.92 Å². The van der Waals surface area contributed by atoms with Gasteiger partial charge in [-0.05, 0) is 61.0 Å². The van der Waals surface area contributed by atoms with Crippen LogP contribution in [0.2, 0.25) is 0 Å². The van der Waals surface area contributed by atoms with E-state index in [1.165, 1.54) is 6.21 Å². The van der Waals surface area contributed by atoms with Crippen molar-refractivity contribution in [2.24, 2.45) is 5.10 Å². The Labute approximate surface area is 187 Å². The number of halogens is 2. The highest BCUT2D eigenvalue weighted by molar-refractivity contribution is 9.11. The van der Waals surface area contributed by atoms with E-state index in [1.807, 2.05) is 37.3 Å². The number of hydrazone groups is 1. The molecule has 3 rings (SSSR count). The van der Waals surface area contributed by atoms with Crippen LogP contribution in [-0.4, -0.2) is 14.6 Å². The molecule has 0 saturated heterocycles. The average Bonchev–Trinajstić information content (AvgIpc) is 2.68. The molecule has 1 N–H and O–H groups in total. The van der Waals surface area contributed by atoms with Gasteiger partial charge in [0.1, 0.15) is 12.4 Å². The first-order valence-corrected chi connectivity index (χ1v) is 11.7. The van der Waals surface area contributed by atoms with Gasteiger partial charge in [-0.2, -0.15) is 13.5 Å². The molecule has 3 aromatic carbocycles. The van der Waals surface area contributed by atoms with Gasteiger partial charge in [0.05, 0.1) is 11.1 Å². The molecule has 0 saturated carbocycles. The molecule has 3 aromatic rings. The second-order valence-corrected chi connectivity index (χ2v) is 9.69. The van der Waals surface area contributed by atoms with E-state index in [9.17, 15) is 8.42 Å². The Morgan fingerprint density at radius 3 is 2.34 bits per heavy atom. The summed E-state index contributed by atoms with van der Waals surface area (Å²) >= 11 is 6.94. The third kappa shape index (κ3) is 6.16. The molecule has 0 aliphatic carbocycles. The zero-order valence-corrected chi connectivity index (χ0v) is 19.5. The van der Waals surface area contributed by atoms with Crippen molar-refractivity contribution < 1.29 is 13.2 Å². The van der Waals surface area contributed by atoms with Gasteiger partial charge in [0.15, 0.2) is 0 Å². The van der Waals surface area contributed by atoms with Crippen LogP contribution >= 0.6 is 31.9 Å². The van der Waals surface area contributed by atoms with Gasteiger partial charge in [0, 0.05) is 14.5 Å². The van der Waals surface area contributed by atoms with Gasteiger partial charge in [0.2, 0.25) is 0 Å². The maximum absolute atomic E-state index is 12.2. The van der Waals surface area contributed by atoms with Crippen LogP contribution in [0.4, 0.5) is 0 Å². The SMILES string of the molecule is Cc1ccc(S(=O)(=O)N/N=C\c2ccc(OCc3ccc(Br)cc3Br)cc2)cc1. The lowest BCUT2D eigenvalue weighted by Gasteiger charge is -2.08. The molecule has 0 atom stereocenters. The van der Waals surface area contributed by atoms with Crippen LogP contribution in [-0.2, 0) is 16.6 Å². The number of hydrogen-bond acceptors (Lipinski definition) is 4. The van der Waals surface area contributed by atoms with E-state index in [-0.39, 0.29) is 4.90 Å². The Bertz CT molecular complexity index is 1110. The second kappa shape index (κ2) is 9.56. The molecule has 5 nitrogen and oxygen atoms in total. The fourth-order valence-corrected chi connectivity index (χ4v) is 4.34. The molecule has 0 aliphatic heterocycles. The molecule has 29 heavy (non-hydrogen) atoms. The van der Waals surface area contributed by atoms with E-state index in [1.54, 1.807) is 36.4 Å². The van der Waals surface area contributed by atoms with Crippen molar-refractivity contribution in [3.63, 3.8) is 0 Å². The maximum atomic E-state index is 12.2. The first-order valence-electron chi connectivity index (χ1n) is 8.62. The highest BCUT2D eigenvalue weighted by Gasteiger charge is 2.11. The smallest absolute Gasteiger partial charge is 0.276 e. The molecule has 0 aliphatic rings. The number of hydrogen-bond donors (Lipinski definition) is 1. The zero-order valence-electron chi connectivity index (χ0n) is 15.5. The largest absolute Gasteiger partial charge is 0.489 e. The van der Waals surface area contributed by atoms with E-state index in [0.717, 1.165) is 25.6 Å². The summed E-state index contributed by atoms with van der Waals surface area (Å²) in [6.45, 7) is 2.32. The number of ether oxygens (including phenoxy) is 1. The Kier molecular flexibility index (Phi) is 7.10. The predicted octanol–water partition coefficient (Wildman–Crippen LogP) is 5.41. The standard InChI is InChI=1S/C21H18Br2N2O3S/c1-15-2-10-20(11-3-15)29(26,27)25-24-13-16-4-8-19(9-5-16)28-14-17-6-7-18(22)12-21(17)23/h2-13,25H,14H2,1H3/b24-13-. The Morgan fingerprint density at radius 2 is 1.69 bits per heavy atom. The van der Waals surface area contributed by atoms with Gasteiger partial charge in [-0.1, -0.05) is 55.6 Å². The van der Waals surface area contributed by atoms with Crippen LogP contribution in [0.15, 0.2) is 85.7 Å². The van der Waals surface area contributed by atoms with Gasteiger partial charge in [-0.25, -0.2) is 4.83 Å². The lowest BCUT2D eigenvalue weighted by Crippen LogP contribution is -2.18. The van der Waals surface area contributed by atoms with E-state index in [4.69, 9.17) is 4.74 Å². The van der Waals surface area contributed by atoms with Crippen LogP contribution in [0.5, 0.6) is 5.75 Å². The van der Waals surface area contributed by atoms with Crippen LogP contribution in [0.1, 0.15) is 16.7 Å². The molecule has 0 aromatic heterocycles. The lowest BCUT2D eigenvalue weighted by molar-refractivity contribution is 0.305. The molecular weight excluding hydrogens is 520 g/mol. The molecule has 0 amide bonds. The second-order valence-electron chi connectivity index (χ2n) is 6.26. The highest BCUT2D eigenvalue weighted by Crippen LogP contribution is 2.23. The van der Waals surface area contributed by atoms with Crippen molar-refractivity contribution in [3.8, 4) is 5.75 Å². The minimum atomic E-state index is -3.68. The summed E-state index contributed by atoms with van der Waals surface area (Å²) < 4.78 is 32.2. The van der Waals surface area contributed by atoms with Crippen LogP contribution < -0.4 is 9.57 Å². The number of aryl methyl sites for hydroxylation is 1. The fourth-order valence-electron chi connectivity index (χ4n) is 2.39. The molecular formula is C21H18Br2N2O3S. The Balaban J connectivity index is 1.57. The summed E-state index contributed by atoms with van der Waals surface area (Å²) in [7, 11) is -3.68. The predicted molar refractivity (Wildman–Crippen MR) is 122 cm³/mol. The monoisotopic (exact) mass is 536 g/mol. The summed E-state index contributed by atoms with van der Waals surface area (Å²) in [5.41, 5.74) is 2.76. The maximum Gasteiger partial charge on any atom is 0.276 e. The Morgan fingerprint density at radius 1 is 1.00 bits per heavy atom. The third-order valence-corrected chi connectivity index (χ3v) is 6.48. The number of sulfonamides is 1. The summed E-state index contributed by atoms with van der Waals surface area (Å²) in [5.74, 6) is 0.706. The third-order valence-electron chi connectivity index (χ3n) is 4.01. The van der Waals surface area contributed by atoms with Gasteiger partial charge in [-0.3, -0.25) is 0 Å². The normalized spacial score (nSPS) is 11.6. The van der Waals surface area contributed by atoms with E-state index >= 15 is 0 Å². The minimum absolute atomic E-state index is 0.170. The summed E-state index contributed by atoms with van der Waals surface area (Å²) in [6, 6.07) is 19.7. The van der Waals surface area contributed by atoms with Crippen molar-refractivity contribution in [1.29, 1.82) is 0 Å². The minimum Gasteiger partial charge on any atom is -0.489 e. The highest BCUT2D eigenvalue weighted by atomic mass is 79.9. The van der Waals surface area contributed by atoms with E-state index in [0.29, 0.717) is 12.4 Å². The van der Waals surface area contributed by atoms with Crippen molar-refractivity contribution >= 4 is 48.1 Å². The number of rotatable bonds is 7. The molecule has 0 bridgehead atoms. The van der Waals surface area contributed by atoms with Crippen molar-refractivity contribution in [1.82, 2.24) is 4.83 Å². The molecule has 150 valence electrons. The molecule has 0 heterocycles.